The summed E-state index contributed by atoms with van der Waals surface area (Å²) >= 11 is 0. The van der Waals surface area contributed by atoms with Crippen LogP contribution in [0.3, 0.4) is 0 Å². The summed E-state index contributed by atoms with van der Waals surface area (Å²) in [6.07, 6.45) is 2.37. The summed E-state index contributed by atoms with van der Waals surface area (Å²) < 4.78 is 10.6. The second kappa shape index (κ2) is 5.34. The van der Waals surface area contributed by atoms with E-state index in [-0.39, 0.29) is 11.8 Å². The number of amides is 1. The molecule has 1 aromatic carbocycles. The van der Waals surface area contributed by atoms with Gasteiger partial charge in [-0.2, -0.15) is 0 Å². The highest BCUT2D eigenvalue weighted by molar-refractivity contribution is 5.97. The van der Waals surface area contributed by atoms with Gasteiger partial charge in [-0.05, 0) is 18.6 Å². The molecule has 1 amide bonds. The van der Waals surface area contributed by atoms with E-state index in [1.165, 1.54) is 0 Å². The number of methoxy groups -OCH3 is 2. The largest absolute Gasteiger partial charge is 0.493 e. The summed E-state index contributed by atoms with van der Waals surface area (Å²) in [4.78, 5) is 13.9. The standard InChI is InChI=1S/C15H19NO3/c1-5-11-7-15(17)16(9-11)12-8-14(19-4)13(18-3)6-10(12)2/h5-6,8,11H,1,7,9H2,2-4H3. The Balaban J connectivity index is 2.40. The molecule has 0 aromatic heterocycles. The molecule has 1 heterocycles. The molecule has 0 radical (unpaired) electrons. The molecule has 4 nitrogen and oxygen atoms in total. The van der Waals surface area contributed by atoms with Crippen LogP contribution in [0.15, 0.2) is 24.8 Å². The van der Waals surface area contributed by atoms with Crippen molar-refractivity contribution < 1.29 is 14.3 Å². The van der Waals surface area contributed by atoms with Crippen molar-refractivity contribution in [2.45, 2.75) is 13.3 Å². The lowest BCUT2D eigenvalue weighted by atomic mass is 10.1. The molecule has 1 saturated heterocycles. The number of hydrogen-bond acceptors (Lipinski definition) is 3. The van der Waals surface area contributed by atoms with Gasteiger partial charge in [-0.15, -0.1) is 6.58 Å². The van der Waals surface area contributed by atoms with E-state index in [1.54, 1.807) is 19.1 Å². The Bertz CT molecular complexity index is 510. The van der Waals surface area contributed by atoms with Crippen LogP contribution in [0.25, 0.3) is 0 Å². The summed E-state index contributed by atoms with van der Waals surface area (Å²) in [5.74, 6) is 1.66. The van der Waals surface area contributed by atoms with Gasteiger partial charge < -0.3 is 14.4 Å². The molecule has 0 bridgehead atoms. The van der Waals surface area contributed by atoms with Gasteiger partial charge in [0.15, 0.2) is 11.5 Å². The van der Waals surface area contributed by atoms with Crippen LogP contribution >= 0.6 is 0 Å². The smallest absolute Gasteiger partial charge is 0.227 e. The Morgan fingerprint density at radius 2 is 1.95 bits per heavy atom. The minimum absolute atomic E-state index is 0.125. The van der Waals surface area contributed by atoms with Crippen molar-refractivity contribution in [2.75, 3.05) is 25.7 Å². The van der Waals surface area contributed by atoms with Gasteiger partial charge >= 0.3 is 0 Å². The molecule has 1 fully saturated rings. The second-order valence-electron chi connectivity index (χ2n) is 4.70. The van der Waals surface area contributed by atoms with E-state index in [0.29, 0.717) is 24.5 Å². The van der Waals surface area contributed by atoms with Crippen molar-refractivity contribution in [2.24, 2.45) is 5.92 Å². The minimum Gasteiger partial charge on any atom is -0.493 e. The molecule has 19 heavy (non-hydrogen) atoms. The van der Waals surface area contributed by atoms with Crippen molar-refractivity contribution in [1.29, 1.82) is 0 Å². The van der Waals surface area contributed by atoms with E-state index in [0.717, 1.165) is 11.3 Å². The molecule has 1 unspecified atom stereocenters. The summed E-state index contributed by atoms with van der Waals surface area (Å²) in [6, 6.07) is 3.75. The molecule has 102 valence electrons. The van der Waals surface area contributed by atoms with Crippen molar-refractivity contribution in [3.63, 3.8) is 0 Å². The van der Waals surface area contributed by atoms with Crippen LogP contribution in [0.1, 0.15) is 12.0 Å². The van der Waals surface area contributed by atoms with Crippen LogP contribution in [-0.4, -0.2) is 26.7 Å². The van der Waals surface area contributed by atoms with E-state index < -0.39 is 0 Å². The summed E-state index contributed by atoms with van der Waals surface area (Å²) in [5, 5.41) is 0. The Hall–Kier alpha value is -1.97. The van der Waals surface area contributed by atoms with Crippen LogP contribution in [0.4, 0.5) is 5.69 Å². The average Bonchev–Trinajstić information content (AvgIpc) is 2.79. The van der Waals surface area contributed by atoms with Gasteiger partial charge in [0, 0.05) is 24.9 Å². The lowest BCUT2D eigenvalue weighted by Crippen LogP contribution is -2.25. The van der Waals surface area contributed by atoms with Gasteiger partial charge in [-0.1, -0.05) is 6.08 Å². The monoisotopic (exact) mass is 261 g/mol. The third kappa shape index (κ3) is 2.43. The topological polar surface area (TPSA) is 38.8 Å². The fourth-order valence-electron chi connectivity index (χ4n) is 2.39. The van der Waals surface area contributed by atoms with E-state index in [4.69, 9.17) is 9.47 Å². The molecule has 1 aliphatic heterocycles. The van der Waals surface area contributed by atoms with Crippen LogP contribution in [-0.2, 0) is 4.79 Å². The summed E-state index contributed by atoms with van der Waals surface area (Å²) in [6.45, 7) is 6.41. The van der Waals surface area contributed by atoms with Gasteiger partial charge in [-0.3, -0.25) is 4.79 Å². The summed E-state index contributed by atoms with van der Waals surface area (Å²) in [7, 11) is 3.20. The molecule has 0 N–H and O–H groups in total. The molecule has 1 atom stereocenters. The number of hydrogen-bond donors (Lipinski definition) is 0. The zero-order valence-electron chi connectivity index (χ0n) is 11.6. The van der Waals surface area contributed by atoms with Crippen molar-refractivity contribution in [1.82, 2.24) is 0 Å². The van der Waals surface area contributed by atoms with Crippen LogP contribution in [0, 0.1) is 12.8 Å². The Morgan fingerprint density at radius 3 is 2.47 bits per heavy atom. The predicted octanol–water partition coefficient (Wildman–Crippen LogP) is 2.55. The second-order valence-corrected chi connectivity index (χ2v) is 4.70. The third-order valence-corrected chi connectivity index (χ3v) is 3.48. The highest BCUT2D eigenvalue weighted by Gasteiger charge is 2.30. The highest BCUT2D eigenvalue weighted by Crippen LogP contribution is 2.37. The number of rotatable bonds is 4. The average molecular weight is 261 g/mol. The van der Waals surface area contributed by atoms with Gasteiger partial charge in [0.2, 0.25) is 5.91 Å². The SMILES string of the molecule is C=CC1CC(=O)N(c2cc(OC)c(OC)cc2C)C1. The van der Waals surface area contributed by atoms with Gasteiger partial charge in [-0.25, -0.2) is 0 Å². The summed E-state index contributed by atoms with van der Waals surface area (Å²) in [5.41, 5.74) is 1.88. The molecule has 2 rings (SSSR count). The zero-order chi connectivity index (χ0) is 14.0. The van der Waals surface area contributed by atoms with Crippen LogP contribution in [0.5, 0.6) is 11.5 Å². The normalized spacial score (nSPS) is 18.6. The number of aryl methyl sites for hydroxylation is 1. The fraction of sp³-hybridized carbons (Fsp3) is 0.400. The number of anilines is 1. The van der Waals surface area contributed by atoms with Crippen molar-refractivity contribution in [3.05, 3.63) is 30.4 Å². The number of carbonyl (C=O) groups is 1. The molecular weight excluding hydrogens is 242 g/mol. The maximum atomic E-state index is 12.1. The maximum Gasteiger partial charge on any atom is 0.227 e. The Kier molecular flexibility index (Phi) is 3.79. The fourth-order valence-corrected chi connectivity index (χ4v) is 2.39. The van der Waals surface area contributed by atoms with E-state index in [1.807, 2.05) is 25.1 Å². The quantitative estimate of drug-likeness (QED) is 0.782. The van der Waals surface area contributed by atoms with E-state index in [9.17, 15) is 4.79 Å². The predicted molar refractivity (Wildman–Crippen MR) is 74.9 cm³/mol. The number of carbonyl (C=O) groups excluding carboxylic acids is 1. The zero-order valence-corrected chi connectivity index (χ0v) is 11.6. The lowest BCUT2D eigenvalue weighted by Gasteiger charge is -2.21. The van der Waals surface area contributed by atoms with Crippen molar-refractivity contribution >= 4 is 11.6 Å². The first kappa shape index (κ1) is 13.5. The Morgan fingerprint density at radius 1 is 1.32 bits per heavy atom. The molecule has 4 heteroatoms. The lowest BCUT2D eigenvalue weighted by molar-refractivity contribution is -0.117. The van der Waals surface area contributed by atoms with E-state index >= 15 is 0 Å². The molecule has 1 aromatic rings. The third-order valence-electron chi connectivity index (χ3n) is 3.48. The Labute approximate surface area is 113 Å². The first-order valence-corrected chi connectivity index (χ1v) is 6.26. The minimum atomic E-state index is 0.125. The molecule has 0 saturated carbocycles. The molecule has 0 spiro atoms. The first-order valence-electron chi connectivity index (χ1n) is 6.26. The molecule has 0 aliphatic carbocycles. The van der Waals surface area contributed by atoms with Crippen LogP contribution in [0.2, 0.25) is 0 Å². The number of nitrogens with zero attached hydrogens (tertiary/aromatic N) is 1. The molecule has 1 aliphatic rings. The highest BCUT2D eigenvalue weighted by atomic mass is 16.5. The van der Waals surface area contributed by atoms with E-state index in [2.05, 4.69) is 6.58 Å². The molecular formula is C15H19NO3. The maximum absolute atomic E-state index is 12.1. The van der Waals surface area contributed by atoms with Gasteiger partial charge in [0.1, 0.15) is 0 Å². The number of ether oxygens (including phenoxy) is 2. The van der Waals surface area contributed by atoms with Crippen LogP contribution < -0.4 is 14.4 Å². The van der Waals surface area contributed by atoms with Gasteiger partial charge in [0.05, 0.1) is 19.9 Å². The van der Waals surface area contributed by atoms with Crippen molar-refractivity contribution in [3.8, 4) is 11.5 Å². The number of benzene rings is 1. The van der Waals surface area contributed by atoms with Gasteiger partial charge in [0.25, 0.3) is 0 Å². The first-order chi connectivity index (χ1) is 9.10.